The van der Waals surface area contributed by atoms with Crippen molar-refractivity contribution in [2.75, 3.05) is 5.75 Å². The van der Waals surface area contributed by atoms with Gasteiger partial charge in [-0.2, -0.15) is 5.10 Å². The minimum absolute atomic E-state index is 0.187. The Kier molecular flexibility index (Phi) is 5.47. The van der Waals surface area contributed by atoms with Gasteiger partial charge in [-0.05, 0) is 18.2 Å². The van der Waals surface area contributed by atoms with Crippen LogP contribution in [0.3, 0.4) is 0 Å². The van der Waals surface area contributed by atoms with Gasteiger partial charge in [-0.15, -0.1) is 10.2 Å². The number of nitrogens with one attached hydrogen (secondary N) is 1. The van der Waals surface area contributed by atoms with Gasteiger partial charge < -0.3 is 4.57 Å². The molecule has 8 nitrogen and oxygen atoms in total. The first-order chi connectivity index (χ1) is 12.2. The minimum Gasteiger partial charge on any atom is -0.305 e. The van der Waals surface area contributed by atoms with Crippen LogP contribution in [0, 0.1) is 0 Å². The van der Waals surface area contributed by atoms with Crippen LogP contribution < -0.4 is 5.43 Å². The average Bonchev–Trinajstić information content (AvgIpc) is 3.02. The van der Waals surface area contributed by atoms with Crippen LogP contribution in [0.15, 0.2) is 59.3 Å². The summed E-state index contributed by atoms with van der Waals surface area (Å²) in [5.74, 6) is 0.686. The van der Waals surface area contributed by atoms with Gasteiger partial charge in [0.15, 0.2) is 11.0 Å². The second-order valence-electron chi connectivity index (χ2n) is 4.97. The monoisotopic (exact) mass is 353 g/mol. The number of pyridine rings is 2. The Labute approximate surface area is 148 Å². The Bertz CT molecular complexity index is 865. The molecule has 1 N–H and O–H groups in total. The Hall–Kier alpha value is -3.07. The number of carbonyl (C=O) groups excluding carboxylic acids is 1. The summed E-state index contributed by atoms with van der Waals surface area (Å²) in [6.45, 7) is 0. The van der Waals surface area contributed by atoms with Crippen molar-refractivity contribution in [2.24, 2.45) is 12.1 Å². The van der Waals surface area contributed by atoms with Gasteiger partial charge in [-0.25, -0.2) is 5.43 Å². The van der Waals surface area contributed by atoms with E-state index in [1.807, 2.05) is 29.8 Å². The Balaban J connectivity index is 1.54. The number of hydrogen-bond acceptors (Lipinski definition) is 7. The molecule has 0 saturated carbocycles. The molecule has 3 heterocycles. The number of hydrogen-bond donors (Lipinski definition) is 1. The number of aromatic nitrogens is 5. The molecule has 0 radical (unpaired) electrons. The number of thioether (sulfide) groups is 1. The van der Waals surface area contributed by atoms with Gasteiger partial charge in [-0.3, -0.25) is 14.8 Å². The molecule has 0 saturated heterocycles. The van der Waals surface area contributed by atoms with Crippen LogP contribution in [0.2, 0.25) is 0 Å². The quantitative estimate of drug-likeness (QED) is 0.410. The molecule has 126 valence electrons. The second-order valence-corrected chi connectivity index (χ2v) is 5.91. The van der Waals surface area contributed by atoms with Crippen molar-refractivity contribution in [1.82, 2.24) is 30.2 Å². The first kappa shape index (κ1) is 16.8. The highest BCUT2D eigenvalue weighted by atomic mass is 32.2. The van der Waals surface area contributed by atoms with Gasteiger partial charge in [0, 0.05) is 43.0 Å². The van der Waals surface area contributed by atoms with E-state index in [4.69, 9.17) is 0 Å². The molecule has 0 bridgehead atoms. The van der Waals surface area contributed by atoms with E-state index in [-0.39, 0.29) is 11.7 Å². The maximum absolute atomic E-state index is 11.9. The molecule has 0 aliphatic rings. The fourth-order valence-electron chi connectivity index (χ4n) is 1.99. The molecule has 0 spiro atoms. The highest BCUT2D eigenvalue weighted by Crippen LogP contribution is 2.21. The lowest BCUT2D eigenvalue weighted by molar-refractivity contribution is -0.118. The van der Waals surface area contributed by atoms with E-state index < -0.39 is 0 Å². The molecule has 3 aromatic rings. The Morgan fingerprint density at radius 2 is 2.08 bits per heavy atom. The first-order valence-electron chi connectivity index (χ1n) is 7.38. The summed E-state index contributed by atoms with van der Waals surface area (Å²) >= 11 is 1.29. The third-order valence-electron chi connectivity index (χ3n) is 3.19. The summed E-state index contributed by atoms with van der Waals surface area (Å²) < 4.78 is 1.84. The van der Waals surface area contributed by atoms with Crippen molar-refractivity contribution in [2.45, 2.75) is 5.16 Å². The van der Waals surface area contributed by atoms with Crippen molar-refractivity contribution in [3.05, 3.63) is 54.6 Å². The second kappa shape index (κ2) is 8.15. The van der Waals surface area contributed by atoms with Crippen LogP contribution in [0.5, 0.6) is 0 Å². The van der Waals surface area contributed by atoms with Gasteiger partial charge in [-0.1, -0.05) is 17.8 Å². The molecule has 25 heavy (non-hydrogen) atoms. The van der Waals surface area contributed by atoms with Crippen LogP contribution in [0.25, 0.3) is 11.4 Å². The lowest BCUT2D eigenvalue weighted by Crippen LogP contribution is -2.19. The van der Waals surface area contributed by atoms with E-state index in [1.165, 1.54) is 11.8 Å². The van der Waals surface area contributed by atoms with Crippen LogP contribution in [0.4, 0.5) is 0 Å². The van der Waals surface area contributed by atoms with Gasteiger partial charge in [0.1, 0.15) is 0 Å². The molecule has 0 aliphatic heterocycles. The van der Waals surface area contributed by atoms with Gasteiger partial charge in [0.05, 0.1) is 12.0 Å². The summed E-state index contributed by atoms with van der Waals surface area (Å²) in [5.41, 5.74) is 4.21. The summed E-state index contributed by atoms with van der Waals surface area (Å²) in [4.78, 5) is 19.8. The number of amides is 1. The molecule has 9 heteroatoms. The average molecular weight is 353 g/mol. The standard InChI is InChI=1S/C16H15N7OS/c1-23-15(13-4-7-17-8-5-13)21-22-16(23)25-11-14(24)20-19-10-12-3-2-6-18-9-12/h2-10H,11H2,1H3,(H,20,24). The normalized spacial score (nSPS) is 10.9. The highest BCUT2D eigenvalue weighted by molar-refractivity contribution is 7.99. The predicted octanol–water partition coefficient (Wildman–Crippen LogP) is 1.51. The molecule has 3 rings (SSSR count). The zero-order valence-electron chi connectivity index (χ0n) is 13.4. The minimum atomic E-state index is -0.224. The van der Waals surface area contributed by atoms with E-state index in [2.05, 4.69) is 30.7 Å². The van der Waals surface area contributed by atoms with Gasteiger partial charge >= 0.3 is 0 Å². The predicted molar refractivity (Wildman–Crippen MR) is 94.9 cm³/mol. The number of rotatable bonds is 6. The van der Waals surface area contributed by atoms with Crippen molar-refractivity contribution in [1.29, 1.82) is 0 Å². The third-order valence-corrected chi connectivity index (χ3v) is 4.21. The molecular formula is C16H15N7OS. The summed E-state index contributed by atoms with van der Waals surface area (Å²) in [6.07, 6.45) is 8.27. The van der Waals surface area contributed by atoms with Crippen LogP contribution in [0.1, 0.15) is 5.56 Å². The SMILES string of the molecule is Cn1c(SCC(=O)NN=Cc2cccnc2)nnc1-c1ccncc1. The molecule has 0 aliphatic carbocycles. The highest BCUT2D eigenvalue weighted by Gasteiger charge is 2.12. The topological polar surface area (TPSA) is 98.0 Å². The lowest BCUT2D eigenvalue weighted by atomic mass is 10.2. The van der Waals surface area contributed by atoms with E-state index in [0.717, 1.165) is 17.0 Å². The number of carbonyl (C=O) groups is 1. The van der Waals surface area contributed by atoms with E-state index in [9.17, 15) is 4.79 Å². The Morgan fingerprint density at radius 1 is 1.24 bits per heavy atom. The maximum Gasteiger partial charge on any atom is 0.250 e. The third kappa shape index (κ3) is 4.48. The number of hydrazone groups is 1. The number of nitrogens with zero attached hydrogens (tertiary/aromatic N) is 6. The van der Waals surface area contributed by atoms with Crippen molar-refractivity contribution in [3.8, 4) is 11.4 Å². The van der Waals surface area contributed by atoms with Crippen molar-refractivity contribution >= 4 is 23.9 Å². The fraction of sp³-hybridized carbons (Fsp3) is 0.125. The summed E-state index contributed by atoms with van der Waals surface area (Å²) in [5, 5.41) is 12.8. The summed E-state index contributed by atoms with van der Waals surface area (Å²) in [6, 6.07) is 7.36. The largest absolute Gasteiger partial charge is 0.305 e. The molecule has 0 unspecified atom stereocenters. The fourth-order valence-corrected chi connectivity index (χ4v) is 2.69. The van der Waals surface area contributed by atoms with Crippen LogP contribution in [-0.4, -0.2) is 42.6 Å². The lowest BCUT2D eigenvalue weighted by Gasteiger charge is -2.03. The van der Waals surface area contributed by atoms with Crippen molar-refractivity contribution in [3.63, 3.8) is 0 Å². The maximum atomic E-state index is 11.9. The smallest absolute Gasteiger partial charge is 0.250 e. The summed E-state index contributed by atoms with van der Waals surface area (Å²) in [7, 11) is 1.86. The molecule has 1 amide bonds. The molecule has 3 aromatic heterocycles. The van der Waals surface area contributed by atoms with Crippen LogP contribution in [-0.2, 0) is 11.8 Å². The van der Waals surface area contributed by atoms with Crippen molar-refractivity contribution < 1.29 is 4.79 Å². The molecule has 0 atom stereocenters. The molecule has 0 fully saturated rings. The molecule has 0 aromatic carbocycles. The first-order valence-corrected chi connectivity index (χ1v) is 8.37. The van der Waals surface area contributed by atoms with Gasteiger partial charge in [0.25, 0.3) is 5.91 Å². The van der Waals surface area contributed by atoms with E-state index >= 15 is 0 Å². The van der Waals surface area contributed by atoms with Crippen LogP contribution >= 0.6 is 11.8 Å². The zero-order valence-corrected chi connectivity index (χ0v) is 14.2. The van der Waals surface area contributed by atoms with E-state index in [0.29, 0.717) is 5.16 Å². The molecular weight excluding hydrogens is 338 g/mol. The van der Waals surface area contributed by atoms with E-state index in [1.54, 1.807) is 37.1 Å². The Morgan fingerprint density at radius 3 is 2.84 bits per heavy atom. The zero-order chi connectivity index (χ0) is 17.5. The van der Waals surface area contributed by atoms with Gasteiger partial charge in [0.2, 0.25) is 0 Å².